The first kappa shape index (κ1) is 36.7. The maximum atomic E-state index is 13.8. The summed E-state index contributed by atoms with van der Waals surface area (Å²) in [4.78, 5) is 31.7. The molecule has 1 saturated heterocycles. The van der Waals surface area contributed by atoms with Gasteiger partial charge in [-0.15, -0.1) is 17.0 Å². The third-order valence-corrected chi connectivity index (χ3v) is 8.91. The zero-order valence-corrected chi connectivity index (χ0v) is 29.7. The van der Waals surface area contributed by atoms with Gasteiger partial charge in [0, 0.05) is 63.1 Å². The van der Waals surface area contributed by atoms with E-state index in [2.05, 4.69) is 43.6 Å². The van der Waals surface area contributed by atoms with Crippen LogP contribution in [-0.4, -0.2) is 89.9 Å². The first-order chi connectivity index (χ1) is 20.9. The van der Waals surface area contributed by atoms with E-state index in [1.807, 2.05) is 43.0 Å². The Labute approximate surface area is 279 Å². The lowest BCUT2D eigenvalue weighted by atomic mass is 9.84. The minimum absolute atomic E-state index is 0. The number of amidine groups is 1. The Kier molecular flexibility index (Phi) is 12.8. The lowest BCUT2D eigenvalue weighted by Gasteiger charge is -2.37. The molecular weight excluding hydrogens is 636 g/mol. The number of benzene rings is 2. The van der Waals surface area contributed by atoms with E-state index in [4.69, 9.17) is 14.9 Å². The fourth-order valence-corrected chi connectivity index (χ4v) is 6.35. The van der Waals surface area contributed by atoms with Crippen LogP contribution in [0.2, 0.25) is 0 Å². The normalized spacial score (nSPS) is 17.0. The molecule has 0 radical (unpaired) electrons. The summed E-state index contributed by atoms with van der Waals surface area (Å²) < 4.78 is 11.7. The Morgan fingerprint density at radius 3 is 2.24 bits per heavy atom. The van der Waals surface area contributed by atoms with Crippen LogP contribution < -0.4 is 4.74 Å². The molecule has 2 aliphatic rings. The highest BCUT2D eigenvalue weighted by Gasteiger charge is 2.31. The van der Waals surface area contributed by atoms with Crippen molar-refractivity contribution >= 4 is 34.6 Å². The molecule has 2 unspecified atom stereocenters. The van der Waals surface area contributed by atoms with Gasteiger partial charge in [0.25, 0.3) is 0 Å². The number of rotatable bonds is 13. The summed E-state index contributed by atoms with van der Waals surface area (Å²) in [6, 6.07) is 9.77. The van der Waals surface area contributed by atoms with E-state index in [-0.39, 0.29) is 40.8 Å². The van der Waals surface area contributed by atoms with E-state index >= 15 is 0 Å². The van der Waals surface area contributed by atoms with Gasteiger partial charge in [0.1, 0.15) is 17.6 Å². The van der Waals surface area contributed by atoms with Crippen molar-refractivity contribution in [2.24, 2.45) is 0 Å². The highest BCUT2D eigenvalue weighted by molar-refractivity contribution is 8.93. The maximum absolute atomic E-state index is 13.8. The number of methoxy groups -OCH3 is 1. The summed E-state index contributed by atoms with van der Waals surface area (Å²) >= 11 is 0. The largest absolute Gasteiger partial charge is 0.493 e. The summed E-state index contributed by atoms with van der Waals surface area (Å²) in [5, 5.41) is 18.5. The summed E-state index contributed by atoms with van der Waals surface area (Å²) in [7, 11) is 1.69. The average Bonchev–Trinajstić information content (AvgIpc) is 3.28. The molecule has 2 N–H and O–H groups in total. The number of hydrogen-bond acceptors (Lipinski definition) is 7. The molecule has 2 aromatic rings. The minimum Gasteiger partial charge on any atom is -0.493 e. The zero-order chi connectivity index (χ0) is 32.2. The number of hydrogen-bond donors (Lipinski definition) is 2. The molecule has 2 aliphatic heterocycles. The van der Waals surface area contributed by atoms with Gasteiger partial charge < -0.3 is 19.5 Å². The van der Waals surface area contributed by atoms with Crippen molar-refractivity contribution < 1.29 is 24.2 Å². The molecule has 1 fully saturated rings. The summed E-state index contributed by atoms with van der Waals surface area (Å²) in [5.41, 5.74) is 5.44. The predicted molar refractivity (Wildman–Crippen MR) is 183 cm³/mol. The zero-order valence-electron chi connectivity index (χ0n) is 27.9. The third-order valence-electron chi connectivity index (χ3n) is 8.91. The van der Waals surface area contributed by atoms with Crippen molar-refractivity contribution in [3.8, 4) is 5.75 Å². The molecule has 9 nitrogen and oxygen atoms in total. The van der Waals surface area contributed by atoms with Crippen LogP contribution in [0.5, 0.6) is 5.75 Å². The molecule has 0 bridgehead atoms. The molecule has 45 heavy (non-hydrogen) atoms. The minimum atomic E-state index is -0.758. The third kappa shape index (κ3) is 8.52. The molecule has 10 heteroatoms. The number of nitrogens with zero attached hydrogens (tertiary/aromatic N) is 3. The Morgan fingerprint density at radius 1 is 1.00 bits per heavy atom. The van der Waals surface area contributed by atoms with E-state index in [1.54, 1.807) is 7.11 Å². The summed E-state index contributed by atoms with van der Waals surface area (Å²) in [6.45, 7) is 17.2. The number of Topliss-reactive ketones (excluding diaryl/α,β-unsaturated/α-hetero) is 1. The second kappa shape index (κ2) is 15.7. The molecule has 0 spiro atoms. The van der Waals surface area contributed by atoms with Crippen LogP contribution in [0.4, 0.5) is 0 Å². The highest BCUT2D eigenvalue weighted by atomic mass is 79.9. The Morgan fingerprint density at radius 2 is 1.69 bits per heavy atom. The van der Waals surface area contributed by atoms with Gasteiger partial charge in [-0.1, -0.05) is 40.7 Å². The van der Waals surface area contributed by atoms with Crippen molar-refractivity contribution in [1.29, 1.82) is 5.41 Å². The SMILES string of the molecule is Br.CCOc1cc2c(cc1C(CC)OC)C(=N)N(CC(=O)c1cc(CN3CCN(C(CC)C(=O)O)CC3)cc(C(C)(C)C)c1)C2. The number of carbonyl (C=O) groups excluding carboxylic acids is 1. The van der Waals surface area contributed by atoms with E-state index < -0.39 is 12.0 Å². The van der Waals surface area contributed by atoms with Gasteiger partial charge in [-0.05, 0) is 66.1 Å². The van der Waals surface area contributed by atoms with E-state index in [1.165, 1.54) is 0 Å². The highest BCUT2D eigenvalue weighted by Crippen LogP contribution is 2.36. The number of aliphatic carboxylic acids is 1. The summed E-state index contributed by atoms with van der Waals surface area (Å²) in [5.74, 6) is 0.352. The predicted octanol–water partition coefficient (Wildman–Crippen LogP) is 6.06. The van der Waals surface area contributed by atoms with Gasteiger partial charge in [-0.3, -0.25) is 24.8 Å². The number of piperazine rings is 1. The average molecular weight is 688 g/mol. The van der Waals surface area contributed by atoms with Gasteiger partial charge in [0.05, 0.1) is 19.3 Å². The Balaban J connectivity index is 0.00000552. The van der Waals surface area contributed by atoms with Gasteiger partial charge in [0.15, 0.2) is 5.78 Å². The van der Waals surface area contributed by atoms with Gasteiger partial charge >= 0.3 is 5.97 Å². The molecule has 2 heterocycles. The van der Waals surface area contributed by atoms with Gasteiger partial charge in [-0.25, -0.2) is 0 Å². The fourth-order valence-electron chi connectivity index (χ4n) is 6.35. The molecule has 2 aromatic carbocycles. The Bertz CT molecular complexity index is 1360. The first-order valence-electron chi connectivity index (χ1n) is 15.9. The number of carboxylic acid groups (broad SMARTS) is 1. The van der Waals surface area contributed by atoms with E-state index in [9.17, 15) is 14.7 Å². The van der Waals surface area contributed by atoms with Crippen LogP contribution >= 0.6 is 17.0 Å². The lowest BCUT2D eigenvalue weighted by molar-refractivity contribution is -0.144. The number of ether oxygens (including phenoxy) is 2. The van der Waals surface area contributed by atoms with Crippen LogP contribution in [0, 0.1) is 5.41 Å². The quantitative estimate of drug-likeness (QED) is 0.245. The monoisotopic (exact) mass is 686 g/mol. The molecule has 2 atom stereocenters. The molecule has 0 aliphatic carbocycles. The smallest absolute Gasteiger partial charge is 0.320 e. The molecule has 248 valence electrons. The fraction of sp³-hybridized carbons (Fsp3) is 0.571. The van der Waals surface area contributed by atoms with Crippen molar-refractivity contribution in [3.63, 3.8) is 0 Å². The van der Waals surface area contributed by atoms with Crippen LogP contribution in [0.1, 0.15) is 98.7 Å². The second-order valence-electron chi connectivity index (χ2n) is 13.0. The molecular formula is C35H51BrN4O5. The van der Waals surface area contributed by atoms with Crippen molar-refractivity contribution in [2.45, 2.75) is 85.0 Å². The molecule has 0 saturated carbocycles. The second-order valence-corrected chi connectivity index (χ2v) is 13.0. The number of carbonyl (C=O) groups is 2. The molecule has 0 amide bonds. The van der Waals surface area contributed by atoms with Gasteiger partial charge in [0.2, 0.25) is 0 Å². The van der Waals surface area contributed by atoms with Crippen molar-refractivity contribution in [1.82, 2.24) is 14.7 Å². The number of ketones is 1. The van der Waals surface area contributed by atoms with Crippen LogP contribution in [0.3, 0.4) is 0 Å². The van der Waals surface area contributed by atoms with Crippen molar-refractivity contribution in [2.75, 3.05) is 46.4 Å². The first-order valence-corrected chi connectivity index (χ1v) is 15.9. The standard InChI is InChI=1S/C35H50N4O5.BrH/c1-8-29(34(41)42)38-13-11-37(12-14-38)20-23-15-24(17-26(16-23)35(4,5)6)30(40)22-39-21-25-18-32(44-10-3)28(31(9-2)43-7)19-27(25)33(39)36;/h15-19,29,31,36H,8-14,20-22H2,1-7H3,(H,41,42);1H. The molecule has 0 aromatic heterocycles. The number of fused-ring (bicyclic) bond motifs is 1. The number of nitrogens with one attached hydrogen (secondary N) is 1. The maximum Gasteiger partial charge on any atom is 0.320 e. The van der Waals surface area contributed by atoms with Crippen molar-refractivity contribution in [3.05, 3.63) is 63.7 Å². The van der Waals surface area contributed by atoms with E-state index in [0.717, 1.165) is 53.1 Å². The lowest BCUT2D eigenvalue weighted by Crippen LogP contribution is -2.52. The van der Waals surface area contributed by atoms with Crippen LogP contribution in [0.15, 0.2) is 30.3 Å². The van der Waals surface area contributed by atoms with Crippen LogP contribution in [-0.2, 0) is 28.0 Å². The topological polar surface area (TPSA) is 106 Å². The summed E-state index contributed by atoms with van der Waals surface area (Å²) in [6.07, 6.45) is 1.25. The van der Waals surface area contributed by atoms with Crippen LogP contribution in [0.25, 0.3) is 0 Å². The number of carboxylic acids is 1. The van der Waals surface area contributed by atoms with E-state index in [0.29, 0.717) is 50.6 Å². The number of halogens is 1. The molecule has 4 rings (SSSR count). The Hall–Kier alpha value is -2.79. The van der Waals surface area contributed by atoms with Gasteiger partial charge in [-0.2, -0.15) is 0 Å².